The number of H-pyrrole nitrogens is 1. The second-order valence-corrected chi connectivity index (χ2v) is 5.28. The second kappa shape index (κ2) is 5.67. The highest BCUT2D eigenvalue weighted by atomic mass is 79.9. The lowest BCUT2D eigenvalue weighted by molar-refractivity contribution is 0.180. The smallest absolute Gasteiger partial charge is 0.265 e. The third kappa shape index (κ3) is 3.11. The van der Waals surface area contributed by atoms with Crippen molar-refractivity contribution in [1.82, 2.24) is 9.97 Å². The summed E-state index contributed by atoms with van der Waals surface area (Å²) >= 11 is 3.23. The largest absolute Gasteiger partial charge is 0.378 e. The van der Waals surface area contributed by atoms with Gasteiger partial charge in [0.2, 0.25) is 0 Å². The van der Waals surface area contributed by atoms with Crippen LogP contribution in [0.5, 0.6) is 0 Å². The van der Waals surface area contributed by atoms with E-state index in [4.69, 9.17) is 4.74 Å². The SMILES string of the molecule is COCc1nc(-c2cc(C)cc(C)c2)[nH]c(=O)c1Br. The topological polar surface area (TPSA) is 55.0 Å². The lowest BCUT2D eigenvalue weighted by atomic mass is 10.1. The molecule has 100 valence electrons. The van der Waals surface area contributed by atoms with Crippen molar-refractivity contribution in [1.29, 1.82) is 0 Å². The van der Waals surface area contributed by atoms with Gasteiger partial charge in [-0.15, -0.1) is 0 Å². The molecule has 0 bridgehead atoms. The van der Waals surface area contributed by atoms with Crippen LogP contribution in [0.25, 0.3) is 11.4 Å². The summed E-state index contributed by atoms with van der Waals surface area (Å²) in [5, 5.41) is 0. The Morgan fingerprint density at radius 2 is 1.89 bits per heavy atom. The van der Waals surface area contributed by atoms with Crippen LogP contribution in [0, 0.1) is 13.8 Å². The van der Waals surface area contributed by atoms with Crippen LogP contribution in [0.1, 0.15) is 16.8 Å². The maximum atomic E-state index is 11.9. The van der Waals surface area contributed by atoms with Gasteiger partial charge in [-0.1, -0.05) is 17.2 Å². The summed E-state index contributed by atoms with van der Waals surface area (Å²) in [6, 6.07) is 6.07. The van der Waals surface area contributed by atoms with E-state index in [1.54, 1.807) is 7.11 Å². The molecule has 2 rings (SSSR count). The van der Waals surface area contributed by atoms with Crippen LogP contribution in [-0.2, 0) is 11.3 Å². The number of aromatic amines is 1. The predicted octanol–water partition coefficient (Wildman–Crippen LogP) is 2.96. The fourth-order valence-electron chi connectivity index (χ4n) is 1.99. The van der Waals surface area contributed by atoms with Gasteiger partial charge in [0, 0.05) is 12.7 Å². The van der Waals surface area contributed by atoms with Crippen LogP contribution in [0.3, 0.4) is 0 Å². The van der Waals surface area contributed by atoms with Crippen molar-refractivity contribution in [2.24, 2.45) is 0 Å². The van der Waals surface area contributed by atoms with E-state index in [2.05, 4.69) is 32.0 Å². The van der Waals surface area contributed by atoms with Crippen LogP contribution < -0.4 is 5.56 Å². The number of methoxy groups -OCH3 is 1. The van der Waals surface area contributed by atoms with Gasteiger partial charge in [-0.3, -0.25) is 4.79 Å². The van der Waals surface area contributed by atoms with Gasteiger partial charge >= 0.3 is 0 Å². The number of benzene rings is 1. The Kier molecular flexibility index (Phi) is 4.17. The number of ether oxygens (including phenoxy) is 1. The Morgan fingerprint density at radius 3 is 2.47 bits per heavy atom. The van der Waals surface area contributed by atoms with Gasteiger partial charge in [0.1, 0.15) is 10.3 Å². The molecule has 19 heavy (non-hydrogen) atoms. The highest BCUT2D eigenvalue weighted by Crippen LogP contribution is 2.20. The van der Waals surface area contributed by atoms with Crippen LogP contribution >= 0.6 is 15.9 Å². The van der Waals surface area contributed by atoms with E-state index >= 15 is 0 Å². The van der Waals surface area contributed by atoms with E-state index in [0.29, 0.717) is 22.6 Å². The van der Waals surface area contributed by atoms with Crippen molar-refractivity contribution in [2.45, 2.75) is 20.5 Å². The van der Waals surface area contributed by atoms with E-state index in [9.17, 15) is 4.79 Å². The summed E-state index contributed by atoms with van der Waals surface area (Å²) in [5.41, 5.74) is 3.57. The lowest BCUT2D eigenvalue weighted by Gasteiger charge is -2.08. The van der Waals surface area contributed by atoms with Crippen LogP contribution in [-0.4, -0.2) is 17.1 Å². The number of aromatic nitrogens is 2. The molecule has 0 saturated carbocycles. The molecule has 2 aromatic rings. The van der Waals surface area contributed by atoms with Crippen molar-refractivity contribution in [2.75, 3.05) is 7.11 Å². The zero-order chi connectivity index (χ0) is 14.0. The van der Waals surface area contributed by atoms with E-state index in [1.165, 1.54) is 0 Å². The molecule has 1 heterocycles. The van der Waals surface area contributed by atoms with Gasteiger partial charge in [-0.25, -0.2) is 4.98 Å². The molecule has 1 aromatic carbocycles. The average molecular weight is 323 g/mol. The summed E-state index contributed by atoms with van der Waals surface area (Å²) in [4.78, 5) is 19.1. The van der Waals surface area contributed by atoms with Crippen LogP contribution in [0.4, 0.5) is 0 Å². The van der Waals surface area contributed by atoms with E-state index < -0.39 is 0 Å². The van der Waals surface area contributed by atoms with Crippen molar-refractivity contribution in [3.05, 3.63) is 49.8 Å². The molecule has 0 saturated heterocycles. The number of halogens is 1. The van der Waals surface area contributed by atoms with Crippen molar-refractivity contribution in [3.8, 4) is 11.4 Å². The van der Waals surface area contributed by atoms with E-state index in [1.807, 2.05) is 26.0 Å². The quantitative estimate of drug-likeness (QED) is 0.945. The normalized spacial score (nSPS) is 10.7. The second-order valence-electron chi connectivity index (χ2n) is 4.48. The summed E-state index contributed by atoms with van der Waals surface area (Å²) < 4.78 is 5.48. The lowest BCUT2D eigenvalue weighted by Crippen LogP contribution is -2.14. The minimum atomic E-state index is -0.198. The molecular formula is C14H15BrN2O2. The standard InChI is InChI=1S/C14H15BrN2O2/c1-8-4-9(2)6-10(5-8)13-16-11(7-19-3)12(15)14(18)17-13/h4-6H,7H2,1-3H3,(H,16,17,18). The molecule has 1 N–H and O–H groups in total. The number of hydrogen-bond acceptors (Lipinski definition) is 3. The molecule has 0 unspecified atom stereocenters. The fraction of sp³-hybridized carbons (Fsp3) is 0.286. The molecule has 0 spiro atoms. The maximum Gasteiger partial charge on any atom is 0.265 e. The molecule has 0 amide bonds. The summed E-state index contributed by atoms with van der Waals surface area (Å²) in [7, 11) is 1.58. The predicted molar refractivity (Wildman–Crippen MR) is 78.2 cm³/mol. The van der Waals surface area contributed by atoms with E-state index in [0.717, 1.165) is 16.7 Å². The van der Waals surface area contributed by atoms with Gasteiger partial charge in [0.15, 0.2) is 0 Å². The Balaban J connectivity index is 2.59. The molecule has 0 aliphatic carbocycles. The zero-order valence-corrected chi connectivity index (χ0v) is 12.7. The van der Waals surface area contributed by atoms with Gasteiger partial charge in [-0.2, -0.15) is 0 Å². The molecule has 0 radical (unpaired) electrons. The molecule has 0 fully saturated rings. The fourth-order valence-corrected chi connectivity index (χ4v) is 2.29. The minimum absolute atomic E-state index is 0.198. The van der Waals surface area contributed by atoms with Gasteiger partial charge in [0.25, 0.3) is 5.56 Å². The highest BCUT2D eigenvalue weighted by molar-refractivity contribution is 9.10. The Labute approximate surface area is 120 Å². The van der Waals surface area contributed by atoms with Crippen molar-refractivity contribution < 1.29 is 4.74 Å². The first-order valence-electron chi connectivity index (χ1n) is 5.87. The zero-order valence-electron chi connectivity index (χ0n) is 11.1. The molecule has 0 atom stereocenters. The van der Waals surface area contributed by atoms with Gasteiger partial charge in [0.05, 0.1) is 12.3 Å². The van der Waals surface area contributed by atoms with Crippen molar-refractivity contribution >= 4 is 15.9 Å². The molecular weight excluding hydrogens is 308 g/mol. The van der Waals surface area contributed by atoms with Crippen LogP contribution in [0.15, 0.2) is 27.5 Å². The third-order valence-corrected chi connectivity index (χ3v) is 3.53. The average Bonchev–Trinajstić information content (AvgIpc) is 2.33. The Morgan fingerprint density at radius 1 is 1.26 bits per heavy atom. The van der Waals surface area contributed by atoms with Gasteiger partial charge in [-0.05, 0) is 41.9 Å². The first kappa shape index (κ1) is 14.0. The molecule has 5 heteroatoms. The molecule has 0 aliphatic heterocycles. The number of rotatable bonds is 3. The summed E-state index contributed by atoms with van der Waals surface area (Å²) in [6.07, 6.45) is 0. The Bertz CT molecular complexity index is 645. The van der Waals surface area contributed by atoms with E-state index in [-0.39, 0.29) is 5.56 Å². The highest BCUT2D eigenvalue weighted by Gasteiger charge is 2.10. The molecule has 0 aliphatic rings. The first-order valence-corrected chi connectivity index (χ1v) is 6.67. The van der Waals surface area contributed by atoms with Gasteiger partial charge < -0.3 is 9.72 Å². The van der Waals surface area contributed by atoms with Crippen molar-refractivity contribution in [3.63, 3.8) is 0 Å². The maximum absolute atomic E-state index is 11.9. The molecule has 1 aromatic heterocycles. The first-order chi connectivity index (χ1) is 9.01. The summed E-state index contributed by atoms with van der Waals surface area (Å²) in [5.74, 6) is 0.562. The van der Waals surface area contributed by atoms with Crippen LogP contribution in [0.2, 0.25) is 0 Å². The number of aryl methyl sites for hydroxylation is 2. The molecule has 4 nitrogen and oxygen atoms in total. The number of nitrogens with one attached hydrogen (secondary N) is 1. The summed E-state index contributed by atoms with van der Waals surface area (Å²) in [6.45, 7) is 4.33. The monoisotopic (exact) mass is 322 g/mol. The third-order valence-electron chi connectivity index (χ3n) is 2.71. The number of nitrogens with zero attached hydrogens (tertiary/aromatic N) is 1. The Hall–Kier alpha value is -1.46. The minimum Gasteiger partial charge on any atom is -0.378 e. The number of hydrogen-bond donors (Lipinski definition) is 1.